The fourth-order valence-corrected chi connectivity index (χ4v) is 2.08. The summed E-state index contributed by atoms with van der Waals surface area (Å²) in [5.41, 5.74) is 0.247. The summed E-state index contributed by atoms with van der Waals surface area (Å²) in [6, 6.07) is 3.33. The molecule has 7 heteroatoms. The Morgan fingerprint density at radius 1 is 1.30 bits per heavy atom. The molecular weight excluding hydrogens is 291 g/mol. The SMILES string of the molecule is CCn1cc(C)nc1Nc1cc(Cl)cc(C(F)(F)F)c1. The van der Waals surface area contributed by atoms with Crippen molar-refractivity contribution in [2.75, 3.05) is 5.32 Å². The summed E-state index contributed by atoms with van der Waals surface area (Å²) in [6.07, 6.45) is -2.62. The molecule has 0 unspecified atom stereocenters. The molecule has 0 fully saturated rings. The maximum absolute atomic E-state index is 12.7. The number of imidazole rings is 1. The monoisotopic (exact) mass is 303 g/mol. The quantitative estimate of drug-likeness (QED) is 0.896. The summed E-state index contributed by atoms with van der Waals surface area (Å²) < 4.78 is 40.0. The normalized spacial score (nSPS) is 11.7. The molecule has 0 aliphatic heterocycles. The summed E-state index contributed by atoms with van der Waals surface area (Å²) in [6.45, 7) is 4.40. The summed E-state index contributed by atoms with van der Waals surface area (Å²) in [5, 5.41) is 2.89. The zero-order valence-electron chi connectivity index (χ0n) is 10.9. The highest BCUT2D eigenvalue weighted by Crippen LogP contribution is 2.34. The molecule has 0 atom stereocenters. The van der Waals surface area contributed by atoms with E-state index in [4.69, 9.17) is 11.6 Å². The average molecular weight is 304 g/mol. The van der Waals surface area contributed by atoms with Gasteiger partial charge in [0.05, 0.1) is 11.3 Å². The van der Waals surface area contributed by atoms with Gasteiger partial charge in [-0.15, -0.1) is 0 Å². The van der Waals surface area contributed by atoms with Crippen LogP contribution in [-0.2, 0) is 12.7 Å². The van der Waals surface area contributed by atoms with E-state index in [1.165, 1.54) is 6.07 Å². The number of rotatable bonds is 3. The summed E-state index contributed by atoms with van der Waals surface area (Å²) >= 11 is 5.73. The number of hydrogen-bond donors (Lipinski definition) is 1. The second-order valence-electron chi connectivity index (χ2n) is 4.34. The Balaban J connectivity index is 2.36. The van der Waals surface area contributed by atoms with Gasteiger partial charge in [-0.1, -0.05) is 11.6 Å². The van der Waals surface area contributed by atoms with Crippen molar-refractivity contribution in [2.24, 2.45) is 0 Å². The third-order valence-electron chi connectivity index (χ3n) is 2.72. The number of nitrogens with zero attached hydrogens (tertiary/aromatic N) is 2. The summed E-state index contributed by atoms with van der Waals surface area (Å²) in [4.78, 5) is 4.23. The van der Waals surface area contributed by atoms with Crippen LogP contribution in [0.2, 0.25) is 5.02 Å². The smallest absolute Gasteiger partial charge is 0.326 e. The van der Waals surface area contributed by atoms with Crippen LogP contribution in [0, 0.1) is 6.92 Å². The third-order valence-corrected chi connectivity index (χ3v) is 2.94. The standard InChI is InChI=1S/C13H13ClF3N3/c1-3-20-7-8(2)18-12(20)19-11-5-9(13(15,16)17)4-10(14)6-11/h4-7H,3H2,1-2H3,(H,18,19). The van der Waals surface area contributed by atoms with Crippen molar-refractivity contribution in [1.82, 2.24) is 9.55 Å². The van der Waals surface area contributed by atoms with E-state index in [0.717, 1.165) is 17.8 Å². The molecule has 2 rings (SSSR count). The predicted octanol–water partition coefficient (Wildman–Crippen LogP) is 4.63. The van der Waals surface area contributed by atoms with Crippen molar-refractivity contribution < 1.29 is 13.2 Å². The van der Waals surface area contributed by atoms with Gasteiger partial charge in [0.15, 0.2) is 0 Å². The number of anilines is 2. The van der Waals surface area contributed by atoms with Gasteiger partial charge >= 0.3 is 6.18 Å². The van der Waals surface area contributed by atoms with Crippen molar-refractivity contribution in [3.05, 3.63) is 40.7 Å². The Labute approximate surface area is 119 Å². The van der Waals surface area contributed by atoms with E-state index in [1.807, 2.05) is 24.6 Å². The zero-order chi connectivity index (χ0) is 14.9. The molecule has 1 heterocycles. The van der Waals surface area contributed by atoms with Gasteiger partial charge in [0, 0.05) is 23.5 Å². The number of alkyl halides is 3. The Bertz CT molecular complexity index is 620. The van der Waals surface area contributed by atoms with Crippen LogP contribution in [0.4, 0.5) is 24.8 Å². The molecule has 1 aromatic heterocycles. The topological polar surface area (TPSA) is 29.9 Å². The predicted molar refractivity (Wildman–Crippen MR) is 72.4 cm³/mol. The lowest BCUT2D eigenvalue weighted by Crippen LogP contribution is -2.07. The maximum Gasteiger partial charge on any atom is 0.416 e. The van der Waals surface area contributed by atoms with Crippen LogP contribution in [0.3, 0.4) is 0 Å². The van der Waals surface area contributed by atoms with Crippen molar-refractivity contribution in [3.63, 3.8) is 0 Å². The van der Waals surface area contributed by atoms with Gasteiger partial charge in [-0.25, -0.2) is 4.98 Å². The number of nitrogens with one attached hydrogen (secondary N) is 1. The van der Waals surface area contributed by atoms with E-state index in [1.54, 1.807) is 0 Å². The van der Waals surface area contributed by atoms with Crippen molar-refractivity contribution in [1.29, 1.82) is 0 Å². The minimum absolute atomic E-state index is 0.0219. The first kappa shape index (κ1) is 14.7. The van der Waals surface area contributed by atoms with E-state index in [-0.39, 0.29) is 10.7 Å². The van der Waals surface area contributed by atoms with E-state index in [0.29, 0.717) is 12.5 Å². The largest absolute Gasteiger partial charge is 0.416 e. The van der Waals surface area contributed by atoms with Gasteiger partial charge in [0.2, 0.25) is 5.95 Å². The van der Waals surface area contributed by atoms with Crippen LogP contribution in [0.1, 0.15) is 18.2 Å². The first-order chi connectivity index (χ1) is 9.29. The minimum Gasteiger partial charge on any atom is -0.326 e. The van der Waals surface area contributed by atoms with Gasteiger partial charge in [-0.3, -0.25) is 0 Å². The molecule has 20 heavy (non-hydrogen) atoms. The average Bonchev–Trinajstić information content (AvgIpc) is 2.67. The molecule has 2 aromatic rings. The molecule has 3 nitrogen and oxygen atoms in total. The fraction of sp³-hybridized carbons (Fsp3) is 0.308. The molecular formula is C13H13ClF3N3. The number of halogens is 4. The highest BCUT2D eigenvalue weighted by atomic mass is 35.5. The summed E-state index contributed by atoms with van der Waals surface area (Å²) in [5.74, 6) is 0.486. The lowest BCUT2D eigenvalue weighted by molar-refractivity contribution is -0.137. The molecule has 0 saturated heterocycles. The number of aryl methyl sites for hydroxylation is 2. The Morgan fingerprint density at radius 2 is 2.00 bits per heavy atom. The third kappa shape index (κ3) is 3.25. The lowest BCUT2D eigenvalue weighted by Gasteiger charge is -2.12. The van der Waals surface area contributed by atoms with Crippen LogP contribution < -0.4 is 5.32 Å². The van der Waals surface area contributed by atoms with E-state index >= 15 is 0 Å². The molecule has 1 N–H and O–H groups in total. The molecule has 0 radical (unpaired) electrons. The second kappa shape index (κ2) is 5.36. The molecule has 0 aliphatic carbocycles. The zero-order valence-corrected chi connectivity index (χ0v) is 11.7. The van der Waals surface area contributed by atoms with Gasteiger partial charge in [-0.2, -0.15) is 13.2 Å². The number of hydrogen-bond acceptors (Lipinski definition) is 2. The Morgan fingerprint density at radius 3 is 2.60 bits per heavy atom. The molecule has 1 aromatic carbocycles. The fourth-order valence-electron chi connectivity index (χ4n) is 1.84. The molecule has 0 spiro atoms. The van der Waals surface area contributed by atoms with E-state index in [2.05, 4.69) is 10.3 Å². The van der Waals surface area contributed by atoms with E-state index in [9.17, 15) is 13.2 Å². The first-order valence-corrected chi connectivity index (χ1v) is 6.36. The highest BCUT2D eigenvalue weighted by molar-refractivity contribution is 6.31. The molecule has 0 amide bonds. The van der Waals surface area contributed by atoms with Crippen molar-refractivity contribution in [2.45, 2.75) is 26.6 Å². The van der Waals surface area contributed by atoms with Crippen LogP contribution in [0.5, 0.6) is 0 Å². The van der Waals surface area contributed by atoms with Gasteiger partial charge in [-0.05, 0) is 32.0 Å². The van der Waals surface area contributed by atoms with Crippen LogP contribution in [-0.4, -0.2) is 9.55 Å². The van der Waals surface area contributed by atoms with Gasteiger partial charge < -0.3 is 9.88 Å². The maximum atomic E-state index is 12.7. The molecule has 108 valence electrons. The van der Waals surface area contributed by atoms with Crippen molar-refractivity contribution >= 4 is 23.2 Å². The van der Waals surface area contributed by atoms with Gasteiger partial charge in [0.1, 0.15) is 0 Å². The van der Waals surface area contributed by atoms with Crippen LogP contribution >= 0.6 is 11.6 Å². The second-order valence-corrected chi connectivity index (χ2v) is 4.78. The lowest BCUT2D eigenvalue weighted by atomic mass is 10.2. The van der Waals surface area contributed by atoms with Crippen LogP contribution in [0.15, 0.2) is 24.4 Å². The van der Waals surface area contributed by atoms with Gasteiger partial charge in [0.25, 0.3) is 0 Å². The number of aromatic nitrogens is 2. The van der Waals surface area contributed by atoms with Crippen molar-refractivity contribution in [3.8, 4) is 0 Å². The summed E-state index contributed by atoms with van der Waals surface area (Å²) in [7, 11) is 0. The molecule has 0 aliphatic rings. The highest BCUT2D eigenvalue weighted by Gasteiger charge is 2.31. The van der Waals surface area contributed by atoms with Crippen LogP contribution in [0.25, 0.3) is 0 Å². The molecule has 0 bridgehead atoms. The number of benzene rings is 1. The Kier molecular flexibility index (Phi) is 3.94. The first-order valence-electron chi connectivity index (χ1n) is 5.98. The van der Waals surface area contributed by atoms with E-state index < -0.39 is 11.7 Å². The Hall–Kier alpha value is -1.69. The minimum atomic E-state index is -4.43. The molecule has 0 saturated carbocycles.